The third kappa shape index (κ3) is 6.09. The molecule has 0 radical (unpaired) electrons. The van der Waals surface area contributed by atoms with E-state index in [0.717, 1.165) is 42.0 Å². The van der Waals surface area contributed by atoms with Crippen molar-refractivity contribution in [3.05, 3.63) is 28.2 Å². The zero-order valence-electron chi connectivity index (χ0n) is 16.6. The normalized spacial score (nSPS) is 17.9. The van der Waals surface area contributed by atoms with E-state index in [1.807, 2.05) is 0 Å². The van der Waals surface area contributed by atoms with E-state index in [2.05, 4.69) is 31.3 Å². The SMILES string of the molecule is CC(C)(C)C1CCC(=NNC(=O)CN(c2cccc(Cl)c2Cl)S(C)(=O)=O)CC1. The van der Waals surface area contributed by atoms with Gasteiger partial charge < -0.3 is 0 Å². The molecule has 1 aromatic carbocycles. The van der Waals surface area contributed by atoms with Crippen LogP contribution >= 0.6 is 23.2 Å². The summed E-state index contributed by atoms with van der Waals surface area (Å²) in [5, 5.41) is 4.50. The molecule has 1 aliphatic carbocycles. The minimum Gasteiger partial charge on any atom is -0.271 e. The number of sulfonamides is 1. The maximum absolute atomic E-state index is 12.3. The van der Waals surface area contributed by atoms with Crippen LogP contribution in [0.5, 0.6) is 0 Å². The summed E-state index contributed by atoms with van der Waals surface area (Å²) in [6.45, 7) is 6.28. The molecule has 156 valence electrons. The number of rotatable bonds is 5. The molecular weight excluding hydrogens is 421 g/mol. The molecular formula is C19H27Cl2N3O3S. The summed E-state index contributed by atoms with van der Waals surface area (Å²) in [5.41, 5.74) is 3.83. The lowest BCUT2D eigenvalue weighted by Gasteiger charge is -2.34. The zero-order chi connectivity index (χ0) is 21.1. The van der Waals surface area contributed by atoms with Crippen molar-refractivity contribution in [2.24, 2.45) is 16.4 Å². The van der Waals surface area contributed by atoms with Crippen molar-refractivity contribution in [3.8, 4) is 0 Å². The monoisotopic (exact) mass is 447 g/mol. The van der Waals surface area contributed by atoms with Gasteiger partial charge in [-0.2, -0.15) is 5.10 Å². The van der Waals surface area contributed by atoms with E-state index < -0.39 is 22.5 Å². The highest BCUT2D eigenvalue weighted by Crippen LogP contribution is 2.37. The lowest BCUT2D eigenvalue weighted by Crippen LogP contribution is -2.39. The Kier molecular flexibility index (Phi) is 7.39. The number of nitrogens with zero attached hydrogens (tertiary/aromatic N) is 2. The highest BCUT2D eigenvalue weighted by molar-refractivity contribution is 7.92. The van der Waals surface area contributed by atoms with E-state index in [1.54, 1.807) is 12.1 Å². The number of carbonyl (C=O) groups is 1. The predicted octanol–water partition coefficient (Wildman–Crippen LogP) is 4.47. The number of hydrazone groups is 1. The molecule has 0 spiro atoms. The highest BCUT2D eigenvalue weighted by atomic mass is 35.5. The molecule has 0 aromatic heterocycles. The minimum atomic E-state index is -3.74. The van der Waals surface area contributed by atoms with Crippen LogP contribution in [0.1, 0.15) is 46.5 Å². The zero-order valence-corrected chi connectivity index (χ0v) is 19.0. The second-order valence-electron chi connectivity index (χ2n) is 8.20. The molecule has 0 unspecified atom stereocenters. The average molecular weight is 448 g/mol. The van der Waals surface area contributed by atoms with Crippen LogP contribution in [0.15, 0.2) is 23.3 Å². The van der Waals surface area contributed by atoms with E-state index in [0.29, 0.717) is 5.92 Å². The molecule has 9 heteroatoms. The molecule has 0 heterocycles. The smallest absolute Gasteiger partial charge is 0.260 e. The van der Waals surface area contributed by atoms with Crippen molar-refractivity contribution < 1.29 is 13.2 Å². The first-order chi connectivity index (χ1) is 12.9. The van der Waals surface area contributed by atoms with Gasteiger partial charge in [0.1, 0.15) is 6.54 Å². The predicted molar refractivity (Wildman–Crippen MR) is 116 cm³/mol. The third-order valence-corrected chi connectivity index (χ3v) is 6.95. The number of halogens is 2. The van der Waals surface area contributed by atoms with Crippen LogP contribution in [0.25, 0.3) is 0 Å². The summed E-state index contributed by atoms with van der Waals surface area (Å²) >= 11 is 12.1. The standard InChI is InChI=1S/C19H27Cl2N3O3S/c1-19(2,3)13-8-10-14(11-9-13)22-23-17(25)12-24(28(4,26)27)16-7-5-6-15(20)18(16)21/h5-7,13H,8-12H2,1-4H3,(H,23,25). The average Bonchev–Trinajstić information content (AvgIpc) is 2.59. The number of nitrogens with one attached hydrogen (secondary N) is 1. The quantitative estimate of drug-likeness (QED) is 0.676. The Hall–Kier alpha value is -1.31. The maximum Gasteiger partial charge on any atom is 0.260 e. The molecule has 2 rings (SSSR count). The van der Waals surface area contributed by atoms with Gasteiger partial charge in [0.25, 0.3) is 5.91 Å². The van der Waals surface area contributed by atoms with E-state index in [-0.39, 0.29) is 21.1 Å². The number of carbonyl (C=O) groups excluding carboxylic acids is 1. The maximum atomic E-state index is 12.3. The molecule has 1 fully saturated rings. The fourth-order valence-electron chi connectivity index (χ4n) is 3.30. The summed E-state index contributed by atoms with van der Waals surface area (Å²) < 4.78 is 25.3. The second kappa shape index (κ2) is 9.01. The molecule has 0 saturated heterocycles. The van der Waals surface area contributed by atoms with Gasteiger partial charge in [-0.3, -0.25) is 9.10 Å². The van der Waals surface area contributed by atoms with Crippen molar-refractivity contribution in [2.75, 3.05) is 17.1 Å². The van der Waals surface area contributed by atoms with Gasteiger partial charge in [0.2, 0.25) is 10.0 Å². The Morgan fingerprint density at radius 3 is 2.39 bits per heavy atom. The van der Waals surface area contributed by atoms with Crippen LogP contribution in [-0.2, 0) is 14.8 Å². The second-order valence-corrected chi connectivity index (χ2v) is 10.9. The molecule has 6 nitrogen and oxygen atoms in total. The van der Waals surface area contributed by atoms with Crippen molar-refractivity contribution in [3.63, 3.8) is 0 Å². The largest absolute Gasteiger partial charge is 0.271 e. The first-order valence-corrected chi connectivity index (χ1v) is 11.8. The van der Waals surface area contributed by atoms with Crippen LogP contribution in [0, 0.1) is 11.3 Å². The number of hydrogen-bond acceptors (Lipinski definition) is 4. The van der Waals surface area contributed by atoms with E-state index in [4.69, 9.17) is 23.2 Å². The molecule has 0 bridgehead atoms. The Bertz CT molecular complexity index is 854. The number of amides is 1. The lowest BCUT2D eigenvalue weighted by molar-refractivity contribution is -0.119. The van der Waals surface area contributed by atoms with Crippen LogP contribution in [0.3, 0.4) is 0 Å². The molecule has 28 heavy (non-hydrogen) atoms. The summed E-state index contributed by atoms with van der Waals surface area (Å²) in [5.74, 6) is 0.0970. The van der Waals surface area contributed by atoms with Crippen LogP contribution in [0.4, 0.5) is 5.69 Å². The van der Waals surface area contributed by atoms with E-state index >= 15 is 0 Å². The van der Waals surface area contributed by atoms with Gasteiger partial charge in [-0.25, -0.2) is 13.8 Å². The summed E-state index contributed by atoms with van der Waals surface area (Å²) in [4.78, 5) is 12.3. The Balaban J connectivity index is 2.05. The van der Waals surface area contributed by atoms with Gasteiger partial charge in [0.15, 0.2) is 0 Å². The van der Waals surface area contributed by atoms with E-state index in [9.17, 15) is 13.2 Å². The summed E-state index contributed by atoms with van der Waals surface area (Å²) in [6, 6.07) is 4.63. The molecule has 0 aliphatic heterocycles. The van der Waals surface area contributed by atoms with Crippen LogP contribution in [0.2, 0.25) is 10.0 Å². The van der Waals surface area contributed by atoms with Crippen molar-refractivity contribution in [2.45, 2.75) is 46.5 Å². The minimum absolute atomic E-state index is 0.0780. The Morgan fingerprint density at radius 1 is 1.25 bits per heavy atom. The molecule has 1 N–H and O–H groups in total. The number of anilines is 1. The van der Waals surface area contributed by atoms with Crippen LogP contribution in [-0.4, -0.2) is 32.8 Å². The van der Waals surface area contributed by atoms with Gasteiger partial charge >= 0.3 is 0 Å². The fourth-order valence-corrected chi connectivity index (χ4v) is 4.61. The van der Waals surface area contributed by atoms with Crippen LogP contribution < -0.4 is 9.73 Å². The van der Waals surface area contributed by atoms with Crippen molar-refractivity contribution in [1.82, 2.24) is 5.43 Å². The Morgan fingerprint density at radius 2 is 1.86 bits per heavy atom. The van der Waals surface area contributed by atoms with Gasteiger partial charge in [-0.15, -0.1) is 0 Å². The molecule has 1 aliphatic rings. The van der Waals surface area contributed by atoms with Gasteiger partial charge in [0.05, 0.1) is 22.0 Å². The molecule has 1 saturated carbocycles. The molecule has 1 aromatic rings. The number of benzene rings is 1. The van der Waals surface area contributed by atoms with E-state index in [1.165, 1.54) is 6.07 Å². The topological polar surface area (TPSA) is 78.8 Å². The fraction of sp³-hybridized carbons (Fsp3) is 0.579. The lowest BCUT2D eigenvalue weighted by atomic mass is 9.72. The third-order valence-electron chi connectivity index (χ3n) is 5.01. The summed E-state index contributed by atoms with van der Waals surface area (Å²) in [6.07, 6.45) is 4.74. The first-order valence-electron chi connectivity index (χ1n) is 9.15. The highest BCUT2D eigenvalue weighted by Gasteiger charge is 2.28. The Labute approximate surface area is 177 Å². The van der Waals surface area contributed by atoms with Gasteiger partial charge in [0, 0.05) is 5.71 Å². The van der Waals surface area contributed by atoms with Crippen molar-refractivity contribution >= 4 is 50.5 Å². The van der Waals surface area contributed by atoms with Gasteiger partial charge in [-0.1, -0.05) is 50.0 Å². The first kappa shape index (κ1) is 23.0. The molecule has 1 amide bonds. The van der Waals surface area contributed by atoms with Crippen molar-refractivity contribution in [1.29, 1.82) is 0 Å². The van der Waals surface area contributed by atoms with Gasteiger partial charge in [-0.05, 0) is 49.1 Å². The summed E-state index contributed by atoms with van der Waals surface area (Å²) in [7, 11) is -3.74. The molecule has 0 atom stereocenters. The number of hydrogen-bond donors (Lipinski definition) is 1.